The van der Waals surface area contributed by atoms with Crippen molar-refractivity contribution in [2.24, 2.45) is 17.3 Å². The van der Waals surface area contributed by atoms with Crippen LogP contribution in [0.5, 0.6) is 0 Å². The van der Waals surface area contributed by atoms with E-state index in [9.17, 15) is 14.4 Å². The highest BCUT2D eigenvalue weighted by atomic mass is 16.2. The Morgan fingerprint density at radius 3 is 1.88 bits per heavy atom. The van der Waals surface area contributed by atoms with Crippen LogP contribution in [0.2, 0.25) is 0 Å². The lowest BCUT2D eigenvalue weighted by Gasteiger charge is -2.30. The van der Waals surface area contributed by atoms with Gasteiger partial charge in [-0.3, -0.25) is 19.3 Å². The third-order valence-corrected chi connectivity index (χ3v) is 4.35. The number of nitrogens with one attached hydrogen (secondary N) is 1. The molecule has 0 saturated heterocycles. The molecule has 1 saturated carbocycles. The lowest BCUT2D eigenvalue weighted by atomic mass is 9.81. The Labute approximate surface area is 159 Å². The molecule has 1 N–H and O–H groups in total. The van der Waals surface area contributed by atoms with Gasteiger partial charge in [0, 0.05) is 31.2 Å². The van der Waals surface area contributed by atoms with E-state index in [1.165, 1.54) is 17.1 Å². The van der Waals surface area contributed by atoms with Crippen molar-refractivity contribution in [2.45, 2.75) is 74.1 Å². The van der Waals surface area contributed by atoms with Crippen molar-refractivity contribution >= 4 is 17.7 Å². The molecule has 0 radical (unpaired) electrons. The summed E-state index contributed by atoms with van der Waals surface area (Å²) in [6.45, 7) is 15.5. The summed E-state index contributed by atoms with van der Waals surface area (Å²) in [6.07, 6.45) is 6.12. The van der Waals surface area contributed by atoms with Gasteiger partial charge in [0.25, 0.3) is 11.8 Å². The molecule has 2 aliphatic rings. The summed E-state index contributed by atoms with van der Waals surface area (Å²) in [5.41, 5.74) is 0.0936. The summed E-state index contributed by atoms with van der Waals surface area (Å²) in [4.78, 5) is 36.6. The quantitative estimate of drug-likeness (QED) is 0.767. The predicted molar refractivity (Wildman–Crippen MR) is 106 cm³/mol. The fourth-order valence-electron chi connectivity index (χ4n) is 2.97. The van der Waals surface area contributed by atoms with Crippen LogP contribution < -0.4 is 5.32 Å². The molecule has 3 amide bonds. The zero-order valence-corrected chi connectivity index (χ0v) is 17.7. The normalized spacial score (nSPS) is 22.2. The molecule has 1 aliphatic carbocycles. The summed E-state index contributed by atoms with van der Waals surface area (Å²) in [6, 6.07) is 0. The molecule has 5 nitrogen and oxygen atoms in total. The van der Waals surface area contributed by atoms with E-state index in [4.69, 9.17) is 0 Å². The van der Waals surface area contributed by atoms with Crippen LogP contribution in [0.15, 0.2) is 12.2 Å². The second-order valence-corrected chi connectivity index (χ2v) is 7.62. The third kappa shape index (κ3) is 8.15. The van der Waals surface area contributed by atoms with E-state index < -0.39 is 0 Å². The van der Waals surface area contributed by atoms with Crippen LogP contribution in [0.3, 0.4) is 0 Å². The molecule has 2 rings (SSSR count). The van der Waals surface area contributed by atoms with Gasteiger partial charge in [0.15, 0.2) is 0 Å². The first-order valence-corrected chi connectivity index (χ1v) is 10.1. The summed E-state index contributed by atoms with van der Waals surface area (Å²) in [7, 11) is 0. The molecule has 5 heteroatoms. The van der Waals surface area contributed by atoms with E-state index in [1.807, 2.05) is 27.7 Å². The van der Waals surface area contributed by atoms with E-state index in [0.29, 0.717) is 19.0 Å². The number of carbonyl (C=O) groups is 3. The average molecular weight is 367 g/mol. The molecule has 0 spiro atoms. The SMILES string of the molecule is CC.CC.CC(C)(C)CNC(=O)C1CCC(CN2C(=O)C=CC2=O)CC1. The van der Waals surface area contributed by atoms with Gasteiger partial charge in [0.05, 0.1) is 0 Å². The van der Waals surface area contributed by atoms with Crippen molar-refractivity contribution in [3.8, 4) is 0 Å². The molecular weight excluding hydrogens is 328 g/mol. The summed E-state index contributed by atoms with van der Waals surface area (Å²) < 4.78 is 0. The smallest absolute Gasteiger partial charge is 0.253 e. The number of carbonyl (C=O) groups excluding carboxylic acids is 3. The van der Waals surface area contributed by atoms with Crippen molar-refractivity contribution in [2.75, 3.05) is 13.1 Å². The number of hydrogen-bond acceptors (Lipinski definition) is 3. The van der Waals surface area contributed by atoms with Gasteiger partial charge < -0.3 is 5.32 Å². The molecule has 1 fully saturated rings. The maximum absolute atomic E-state index is 12.2. The van der Waals surface area contributed by atoms with Crippen LogP contribution in [-0.4, -0.2) is 35.7 Å². The molecular formula is C21H38N2O3. The predicted octanol–water partition coefficient (Wildman–Crippen LogP) is 3.93. The highest BCUT2D eigenvalue weighted by Gasteiger charge is 2.31. The molecule has 150 valence electrons. The molecule has 0 aromatic carbocycles. The molecule has 0 bridgehead atoms. The molecule has 0 aromatic rings. The Bertz CT molecular complexity index is 466. The Morgan fingerprint density at radius 2 is 1.46 bits per heavy atom. The van der Waals surface area contributed by atoms with E-state index in [-0.39, 0.29) is 29.1 Å². The second-order valence-electron chi connectivity index (χ2n) is 7.62. The molecule has 0 aromatic heterocycles. The number of hydrogen-bond donors (Lipinski definition) is 1. The fraction of sp³-hybridized carbons (Fsp3) is 0.762. The topological polar surface area (TPSA) is 66.5 Å². The zero-order chi connectivity index (χ0) is 20.3. The fourth-order valence-corrected chi connectivity index (χ4v) is 2.97. The lowest BCUT2D eigenvalue weighted by Crippen LogP contribution is -2.40. The van der Waals surface area contributed by atoms with E-state index in [1.54, 1.807) is 0 Å². The minimum absolute atomic E-state index is 0.0710. The molecule has 1 aliphatic heterocycles. The summed E-state index contributed by atoms with van der Waals surface area (Å²) >= 11 is 0. The van der Waals surface area contributed by atoms with Crippen molar-refractivity contribution < 1.29 is 14.4 Å². The largest absolute Gasteiger partial charge is 0.355 e. The number of amides is 3. The van der Waals surface area contributed by atoms with Gasteiger partial charge in [-0.1, -0.05) is 48.5 Å². The van der Waals surface area contributed by atoms with Crippen LogP contribution in [0.25, 0.3) is 0 Å². The van der Waals surface area contributed by atoms with Crippen molar-refractivity contribution in [3.63, 3.8) is 0 Å². The van der Waals surface area contributed by atoms with Gasteiger partial charge in [-0.2, -0.15) is 0 Å². The molecule has 0 unspecified atom stereocenters. The number of imide groups is 1. The Kier molecular flexibility index (Phi) is 11.1. The standard InChI is InChI=1S/C17H26N2O3.2C2H6/c1-17(2,3)11-18-16(22)13-6-4-12(5-7-13)10-19-14(20)8-9-15(19)21;2*1-2/h8-9,12-13H,4-7,10-11H2,1-3H3,(H,18,22);2*1-2H3. The van der Waals surface area contributed by atoms with Crippen LogP contribution in [0, 0.1) is 17.3 Å². The van der Waals surface area contributed by atoms with E-state index in [2.05, 4.69) is 26.1 Å². The van der Waals surface area contributed by atoms with Crippen molar-refractivity contribution in [1.82, 2.24) is 10.2 Å². The lowest BCUT2D eigenvalue weighted by molar-refractivity contribution is -0.138. The summed E-state index contributed by atoms with van der Waals surface area (Å²) in [5.74, 6) is 0.106. The molecule has 26 heavy (non-hydrogen) atoms. The maximum atomic E-state index is 12.2. The minimum Gasteiger partial charge on any atom is -0.355 e. The Hall–Kier alpha value is -1.65. The van der Waals surface area contributed by atoms with Crippen LogP contribution >= 0.6 is 0 Å². The van der Waals surface area contributed by atoms with Gasteiger partial charge in [0.2, 0.25) is 5.91 Å². The molecule has 1 heterocycles. The van der Waals surface area contributed by atoms with Crippen LogP contribution in [0.4, 0.5) is 0 Å². The van der Waals surface area contributed by atoms with Crippen LogP contribution in [-0.2, 0) is 14.4 Å². The van der Waals surface area contributed by atoms with Gasteiger partial charge in [-0.05, 0) is 37.0 Å². The molecule has 0 atom stereocenters. The Balaban J connectivity index is 0.00000146. The number of nitrogens with zero attached hydrogens (tertiary/aromatic N) is 1. The van der Waals surface area contributed by atoms with Gasteiger partial charge in [-0.25, -0.2) is 0 Å². The van der Waals surface area contributed by atoms with Crippen LogP contribution in [0.1, 0.15) is 74.1 Å². The zero-order valence-electron chi connectivity index (χ0n) is 17.7. The first-order chi connectivity index (χ1) is 12.3. The first-order valence-electron chi connectivity index (χ1n) is 10.1. The maximum Gasteiger partial charge on any atom is 0.253 e. The average Bonchev–Trinajstić information content (AvgIpc) is 2.95. The number of rotatable bonds is 4. The second kappa shape index (κ2) is 11.9. The van der Waals surface area contributed by atoms with Crippen molar-refractivity contribution in [1.29, 1.82) is 0 Å². The van der Waals surface area contributed by atoms with E-state index >= 15 is 0 Å². The summed E-state index contributed by atoms with van der Waals surface area (Å²) in [5, 5.41) is 3.03. The van der Waals surface area contributed by atoms with Crippen molar-refractivity contribution in [3.05, 3.63) is 12.2 Å². The third-order valence-electron chi connectivity index (χ3n) is 4.35. The van der Waals surface area contributed by atoms with Gasteiger partial charge in [-0.15, -0.1) is 0 Å². The first kappa shape index (κ1) is 24.4. The monoisotopic (exact) mass is 366 g/mol. The van der Waals surface area contributed by atoms with Gasteiger partial charge >= 0.3 is 0 Å². The highest BCUT2D eigenvalue weighted by molar-refractivity contribution is 6.12. The van der Waals surface area contributed by atoms with E-state index in [0.717, 1.165) is 25.7 Å². The minimum atomic E-state index is -0.213. The van der Waals surface area contributed by atoms with Gasteiger partial charge in [0.1, 0.15) is 0 Å². The Morgan fingerprint density at radius 1 is 1.00 bits per heavy atom. The highest BCUT2D eigenvalue weighted by Crippen LogP contribution is 2.30.